The minimum absolute atomic E-state index is 0.0854. The molecule has 0 aromatic carbocycles. The van der Waals surface area contributed by atoms with Gasteiger partial charge in [-0.15, -0.1) is 0 Å². The summed E-state index contributed by atoms with van der Waals surface area (Å²) in [5.41, 5.74) is 4.59. The van der Waals surface area contributed by atoms with Crippen molar-refractivity contribution in [3.05, 3.63) is 12.7 Å². The Balaban J connectivity index is 2.88. The number of nitrogens with zero attached hydrogens (tertiary/aromatic N) is 3. The van der Waals surface area contributed by atoms with Gasteiger partial charge in [-0.3, -0.25) is 0 Å². The lowest BCUT2D eigenvalue weighted by atomic mass is 10.3. The molecule has 0 aliphatic carbocycles. The quantitative estimate of drug-likeness (QED) is 0.260. The Morgan fingerprint density at radius 1 is 1.18 bits per heavy atom. The van der Waals surface area contributed by atoms with Gasteiger partial charge in [-0.25, -0.2) is 15.0 Å². The number of hydrogen-bond acceptors (Lipinski definition) is 10. The van der Waals surface area contributed by atoms with Crippen molar-refractivity contribution in [2.45, 2.75) is 12.1 Å². The number of anilines is 1. The molecular formula is C7H14N6O4. The summed E-state index contributed by atoms with van der Waals surface area (Å²) in [7, 11) is 2.59. The van der Waals surface area contributed by atoms with Crippen molar-refractivity contribution in [1.82, 2.24) is 25.9 Å². The van der Waals surface area contributed by atoms with Crippen LogP contribution in [0.15, 0.2) is 12.7 Å². The van der Waals surface area contributed by atoms with Crippen molar-refractivity contribution in [3.63, 3.8) is 0 Å². The molecule has 0 saturated carbocycles. The first-order chi connectivity index (χ1) is 8.14. The van der Waals surface area contributed by atoms with Gasteiger partial charge in [0.25, 0.3) is 0 Å². The van der Waals surface area contributed by atoms with Gasteiger partial charge in [-0.1, -0.05) is 0 Å². The van der Waals surface area contributed by atoms with Gasteiger partial charge in [0.2, 0.25) is 18.0 Å². The molecule has 17 heavy (non-hydrogen) atoms. The highest BCUT2D eigenvalue weighted by Gasteiger charge is 2.39. The molecule has 0 aliphatic rings. The Morgan fingerprint density at radius 3 is 2.12 bits per heavy atom. The number of nitrogens with one attached hydrogen (secondary N) is 3. The first kappa shape index (κ1) is 13.6. The Kier molecular flexibility index (Phi) is 5.09. The normalized spacial score (nSPS) is 11.8. The van der Waals surface area contributed by atoms with E-state index in [0.717, 1.165) is 0 Å². The van der Waals surface area contributed by atoms with Crippen molar-refractivity contribution in [2.24, 2.45) is 0 Å². The molecule has 1 rings (SSSR count). The highest BCUT2D eigenvalue weighted by Crippen LogP contribution is 2.08. The molecule has 0 unspecified atom stereocenters. The Bertz CT molecular complexity index is 317. The van der Waals surface area contributed by atoms with Crippen molar-refractivity contribution in [2.75, 3.05) is 19.5 Å². The number of aliphatic hydroxyl groups excluding tert-OH is 1. The zero-order valence-corrected chi connectivity index (χ0v) is 9.28. The largest absolute Gasteiger partial charge is 0.364 e. The third kappa shape index (κ3) is 3.52. The first-order valence-corrected chi connectivity index (χ1v) is 4.51. The van der Waals surface area contributed by atoms with Crippen LogP contribution >= 0.6 is 0 Å². The molecule has 10 heteroatoms. The second kappa shape index (κ2) is 6.34. The summed E-state index contributed by atoms with van der Waals surface area (Å²) in [5.74, 6) is -1.65. The van der Waals surface area contributed by atoms with Gasteiger partial charge >= 0.3 is 0 Å². The Labute approximate surface area is 96.9 Å². The summed E-state index contributed by atoms with van der Waals surface area (Å²) < 4.78 is 0. The van der Waals surface area contributed by atoms with Crippen molar-refractivity contribution >= 4 is 5.95 Å². The maximum Gasteiger partial charge on any atom is 0.242 e. The minimum Gasteiger partial charge on any atom is -0.364 e. The van der Waals surface area contributed by atoms with Crippen LogP contribution in [0.25, 0.3) is 0 Å². The first-order valence-electron chi connectivity index (χ1n) is 4.51. The third-order valence-electron chi connectivity index (χ3n) is 1.72. The van der Waals surface area contributed by atoms with Crippen LogP contribution in [0.2, 0.25) is 0 Å². The molecule has 0 spiro atoms. The average Bonchev–Trinajstić information content (AvgIpc) is 2.30. The highest BCUT2D eigenvalue weighted by atomic mass is 16.7. The lowest BCUT2D eigenvalue weighted by Gasteiger charge is -2.35. The van der Waals surface area contributed by atoms with E-state index in [9.17, 15) is 10.2 Å². The molecule has 5 N–H and O–H groups in total. The fourth-order valence-electron chi connectivity index (χ4n) is 1.04. The van der Waals surface area contributed by atoms with Crippen LogP contribution < -0.4 is 16.3 Å². The van der Waals surface area contributed by atoms with Crippen molar-refractivity contribution in [3.8, 4) is 0 Å². The van der Waals surface area contributed by atoms with Gasteiger partial charge in [0, 0.05) is 0 Å². The van der Waals surface area contributed by atoms with Crippen LogP contribution in [0.3, 0.4) is 0 Å². The number of aromatic nitrogens is 3. The highest BCUT2D eigenvalue weighted by molar-refractivity contribution is 5.26. The molecule has 0 radical (unpaired) electrons. The molecule has 1 aromatic rings. The summed E-state index contributed by atoms with van der Waals surface area (Å²) in [6.45, 7) is 0. The number of hydroxylamine groups is 2. The van der Waals surface area contributed by atoms with Crippen LogP contribution in [0.1, 0.15) is 0 Å². The van der Waals surface area contributed by atoms with E-state index in [2.05, 4.69) is 40.9 Å². The van der Waals surface area contributed by atoms with Gasteiger partial charge in [0.05, 0.1) is 14.2 Å². The van der Waals surface area contributed by atoms with E-state index in [4.69, 9.17) is 0 Å². The minimum atomic E-state index is -1.92. The van der Waals surface area contributed by atoms with E-state index in [-0.39, 0.29) is 5.95 Å². The van der Waals surface area contributed by atoms with E-state index < -0.39 is 12.1 Å². The predicted octanol–water partition coefficient (Wildman–Crippen LogP) is -2.45. The van der Waals surface area contributed by atoms with Gasteiger partial charge in [-0.2, -0.15) is 11.0 Å². The maximum atomic E-state index is 9.32. The molecular weight excluding hydrogens is 232 g/mol. The van der Waals surface area contributed by atoms with Crippen LogP contribution in [0, 0.1) is 0 Å². The average molecular weight is 246 g/mol. The second-order valence-corrected chi connectivity index (χ2v) is 2.88. The fraction of sp³-hybridized carbons (Fsp3) is 0.571. The van der Waals surface area contributed by atoms with E-state index in [0.29, 0.717) is 0 Å². The monoisotopic (exact) mass is 246 g/mol. The van der Waals surface area contributed by atoms with Gasteiger partial charge in [0.15, 0.2) is 0 Å². The third-order valence-corrected chi connectivity index (χ3v) is 1.72. The van der Waals surface area contributed by atoms with Crippen LogP contribution in [0.4, 0.5) is 5.95 Å². The zero-order valence-electron chi connectivity index (χ0n) is 9.28. The topological polar surface area (TPSA) is 134 Å². The number of aliphatic hydroxyl groups is 2. The molecule has 0 bridgehead atoms. The number of hydrogen-bond donors (Lipinski definition) is 5. The molecule has 1 aromatic heterocycles. The summed E-state index contributed by atoms with van der Waals surface area (Å²) in [4.78, 5) is 20.4. The molecule has 1 heterocycles. The molecule has 0 saturated heterocycles. The van der Waals surface area contributed by atoms with Crippen LogP contribution in [-0.4, -0.2) is 51.5 Å². The molecule has 96 valence electrons. The maximum absolute atomic E-state index is 9.32. The summed E-state index contributed by atoms with van der Waals surface area (Å²) in [5, 5.41) is 21.2. The fourth-order valence-corrected chi connectivity index (χ4v) is 1.04. The summed E-state index contributed by atoms with van der Waals surface area (Å²) in [6.07, 6.45) is 0.562. The van der Waals surface area contributed by atoms with E-state index >= 15 is 0 Å². The van der Waals surface area contributed by atoms with E-state index in [1.165, 1.54) is 26.9 Å². The second-order valence-electron chi connectivity index (χ2n) is 2.88. The lowest BCUT2D eigenvalue weighted by Crippen LogP contribution is -2.69. The standard InChI is InChI=1S/C7H14N6O4/c1-16-12-7(5(14)15,13-17-2)11-6-9-3-8-4-10-6/h3-5,12-15H,1-2H3,(H,8,9,10,11). The van der Waals surface area contributed by atoms with E-state index in [1.54, 1.807) is 0 Å². The SMILES string of the molecule is CONC(NOC)(Nc1ncncn1)C(O)O. The lowest BCUT2D eigenvalue weighted by molar-refractivity contribution is -0.192. The van der Waals surface area contributed by atoms with Crippen molar-refractivity contribution in [1.29, 1.82) is 0 Å². The van der Waals surface area contributed by atoms with Gasteiger partial charge < -0.3 is 25.2 Å². The summed E-state index contributed by atoms with van der Waals surface area (Å²) in [6, 6.07) is 0. The molecule has 10 nitrogen and oxygen atoms in total. The van der Waals surface area contributed by atoms with Crippen LogP contribution in [0.5, 0.6) is 0 Å². The van der Waals surface area contributed by atoms with Gasteiger partial charge in [0.1, 0.15) is 12.7 Å². The summed E-state index contributed by atoms with van der Waals surface area (Å²) >= 11 is 0. The zero-order chi connectivity index (χ0) is 12.7. The molecule has 0 atom stereocenters. The molecule has 0 aliphatic heterocycles. The van der Waals surface area contributed by atoms with Crippen LogP contribution in [-0.2, 0) is 9.68 Å². The predicted molar refractivity (Wildman–Crippen MR) is 54.7 cm³/mol. The van der Waals surface area contributed by atoms with Gasteiger partial charge in [-0.05, 0) is 0 Å². The smallest absolute Gasteiger partial charge is 0.242 e. The van der Waals surface area contributed by atoms with E-state index in [1.807, 2.05) is 0 Å². The molecule has 0 amide bonds. The number of rotatable bonds is 7. The Morgan fingerprint density at radius 2 is 1.71 bits per heavy atom. The van der Waals surface area contributed by atoms with Crippen molar-refractivity contribution < 1.29 is 19.9 Å². The Hall–Kier alpha value is -1.43. The molecule has 0 fully saturated rings.